The van der Waals surface area contributed by atoms with E-state index in [1.165, 1.54) is 25.8 Å². The maximum Gasteiger partial charge on any atom is 0.0290 e. The van der Waals surface area contributed by atoms with E-state index in [1.54, 1.807) is 0 Å². The minimum atomic E-state index is 1.12. The molecule has 0 bridgehead atoms. The van der Waals surface area contributed by atoms with Crippen LogP contribution in [-0.2, 0) is 0 Å². The Morgan fingerprint density at radius 2 is 1.62 bits per heavy atom. The second-order valence-corrected chi connectivity index (χ2v) is 3.80. The smallest absolute Gasteiger partial charge is 0.0290 e. The number of piperazine rings is 1. The van der Waals surface area contributed by atoms with Crippen LogP contribution >= 0.6 is 0 Å². The molecule has 0 aromatic heterocycles. The summed E-state index contributed by atoms with van der Waals surface area (Å²) in [6, 6.07) is 0. The summed E-state index contributed by atoms with van der Waals surface area (Å²) in [5.74, 6) is 0. The Bertz CT molecular complexity index is 137. The second kappa shape index (κ2) is 4.91. The van der Waals surface area contributed by atoms with Crippen molar-refractivity contribution in [1.29, 1.82) is 0 Å². The van der Waals surface area contributed by atoms with Gasteiger partial charge in [-0.25, -0.2) is 10.4 Å². The van der Waals surface area contributed by atoms with Gasteiger partial charge in [0.15, 0.2) is 0 Å². The Labute approximate surface area is 80.2 Å². The van der Waals surface area contributed by atoms with Gasteiger partial charge in [0.05, 0.1) is 0 Å². The quantitative estimate of drug-likeness (QED) is 0.591. The molecule has 2 aliphatic heterocycles. The van der Waals surface area contributed by atoms with Crippen molar-refractivity contribution < 1.29 is 0 Å². The van der Waals surface area contributed by atoms with E-state index in [1.807, 2.05) is 0 Å². The van der Waals surface area contributed by atoms with Crippen molar-refractivity contribution >= 4 is 0 Å². The summed E-state index contributed by atoms with van der Waals surface area (Å²) in [7, 11) is 0. The molecule has 2 N–H and O–H groups in total. The molecule has 2 aliphatic rings. The zero-order valence-electron chi connectivity index (χ0n) is 8.26. The molecule has 0 amide bonds. The van der Waals surface area contributed by atoms with Gasteiger partial charge < -0.3 is 5.32 Å². The molecule has 2 saturated heterocycles. The second-order valence-electron chi connectivity index (χ2n) is 3.80. The Hall–Kier alpha value is -0.160. The Balaban J connectivity index is 1.82. The molecular weight excluding hydrogens is 164 g/mol. The molecule has 0 spiro atoms. The lowest BCUT2D eigenvalue weighted by atomic mass is 10.2. The van der Waals surface area contributed by atoms with Crippen LogP contribution in [0.1, 0.15) is 19.3 Å². The molecule has 0 aromatic rings. The number of hydrazine groups is 2. The molecule has 0 unspecified atom stereocenters. The van der Waals surface area contributed by atoms with Crippen LogP contribution in [0.5, 0.6) is 0 Å². The lowest BCUT2D eigenvalue weighted by molar-refractivity contribution is -0.0726. The van der Waals surface area contributed by atoms with Crippen molar-refractivity contribution in [2.45, 2.75) is 19.3 Å². The molecule has 2 heterocycles. The molecule has 2 fully saturated rings. The third-order valence-corrected chi connectivity index (χ3v) is 2.78. The van der Waals surface area contributed by atoms with Crippen LogP contribution in [0.15, 0.2) is 0 Å². The number of rotatable bonds is 1. The fraction of sp³-hybridized carbons (Fsp3) is 1.00. The summed E-state index contributed by atoms with van der Waals surface area (Å²) in [6.45, 7) is 6.86. The lowest BCUT2D eigenvalue weighted by Gasteiger charge is -2.36. The van der Waals surface area contributed by atoms with E-state index in [0.717, 1.165) is 32.7 Å². The summed E-state index contributed by atoms with van der Waals surface area (Å²) in [5, 5.41) is 8.13. The topological polar surface area (TPSA) is 30.5 Å². The van der Waals surface area contributed by atoms with Crippen LogP contribution in [0.4, 0.5) is 0 Å². The lowest BCUT2D eigenvalue weighted by Crippen LogP contribution is -2.57. The van der Waals surface area contributed by atoms with E-state index in [4.69, 9.17) is 0 Å². The largest absolute Gasteiger partial charge is 0.314 e. The molecular formula is C9H20N4. The third kappa shape index (κ3) is 2.64. The van der Waals surface area contributed by atoms with E-state index in [2.05, 4.69) is 20.9 Å². The molecule has 0 aromatic carbocycles. The monoisotopic (exact) mass is 184 g/mol. The van der Waals surface area contributed by atoms with Gasteiger partial charge in [-0.1, -0.05) is 6.42 Å². The van der Waals surface area contributed by atoms with Gasteiger partial charge in [0.1, 0.15) is 0 Å². The van der Waals surface area contributed by atoms with Crippen LogP contribution in [0.3, 0.4) is 0 Å². The van der Waals surface area contributed by atoms with Gasteiger partial charge in [0.25, 0.3) is 0 Å². The van der Waals surface area contributed by atoms with Crippen molar-refractivity contribution in [3.8, 4) is 0 Å². The maximum absolute atomic E-state index is 3.48. The molecule has 2 rings (SSSR count). The molecule has 0 atom stereocenters. The van der Waals surface area contributed by atoms with Crippen molar-refractivity contribution in [1.82, 2.24) is 20.9 Å². The van der Waals surface area contributed by atoms with E-state index in [0.29, 0.717) is 0 Å². The Morgan fingerprint density at radius 1 is 0.769 bits per heavy atom. The van der Waals surface area contributed by atoms with Crippen LogP contribution in [0, 0.1) is 0 Å². The highest BCUT2D eigenvalue weighted by Gasteiger charge is 2.18. The van der Waals surface area contributed by atoms with Crippen LogP contribution in [0.25, 0.3) is 0 Å². The minimum Gasteiger partial charge on any atom is -0.314 e. The van der Waals surface area contributed by atoms with Crippen LogP contribution < -0.4 is 10.7 Å². The minimum absolute atomic E-state index is 1.12. The molecule has 76 valence electrons. The molecule has 0 aliphatic carbocycles. The third-order valence-electron chi connectivity index (χ3n) is 2.78. The summed E-state index contributed by atoms with van der Waals surface area (Å²) in [5.41, 5.74) is 3.48. The highest BCUT2D eigenvalue weighted by atomic mass is 15.8. The highest BCUT2D eigenvalue weighted by molar-refractivity contribution is 4.66. The average Bonchev–Trinajstić information content (AvgIpc) is 2.47. The fourth-order valence-corrected chi connectivity index (χ4v) is 1.99. The van der Waals surface area contributed by atoms with Gasteiger partial charge in [-0.15, -0.1) is 0 Å². The summed E-state index contributed by atoms with van der Waals surface area (Å²) >= 11 is 0. The van der Waals surface area contributed by atoms with Gasteiger partial charge in [0, 0.05) is 39.3 Å². The normalized spacial score (nSPS) is 28.6. The van der Waals surface area contributed by atoms with Crippen molar-refractivity contribution in [3.63, 3.8) is 0 Å². The van der Waals surface area contributed by atoms with Crippen LogP contribution in [0.2, 0.25) is 0 Å². The SMILES string of the molecule is C1CCNN(N2CCNCC2)CC1. The summed E-state index contributed by atoms with van der Waals surface area (Å²) in [6.07, 6.45) is 4.02. The van der Waals surface area contributed by atoms with Crippen molar-refractivity contribution in [2.24, 2.45) is 0 Å². The standard InChI is InChI=1S/C9H20N4/c1-2-4-11-13(7-3-1)12-8-5-10-6-9-12/h10-11H,1-9H2. The zero-order chi connectivity index (χ0) is 8.93. The number of nitrogens with zero attached hydrogens (tertiary/aromatic N) is 2. The van der Waals surface area contributed by atoms with Crippen molar-refractivity contribution in [3.05, 3.63) is 0 Å². The van der Waals surface area contributed by atoms with Crippen molar-refractivity contribution in [2.75, 3.05) is 39.3 Å². The van der Waals surface area contributed by atoms with E-state index in [-0.39, 0.29) is 0 Å². The zero-order valence-corrected chi connectivity index (χ0v) is 8.26. The number of hydrogen-bond acceptors (Lipinski definition) is 4. The predicted octanol–water partition coefficient (Wildman–Crippen LogP) is -0.203. The first-order valence-corrected chi connectivity index (χ1v) is 5.43. The fourth-order valence-electron chi connectivity index (χ4n) is 1.99. The van der Waals surface area contributed by atoms with E-state index < -0.39 is 0 Å². The summed E-state index contributed by atoms with van der Waals surface area (Å²) < 4.78 is 0. The number of hydrogen-bond donors (Lipinski definition) is 2. The van der Waals surface area contributed by atoms with Crippen LogP contribution in [-0.4, -0.2) is 49.4 Å². The Kier molecular flexibility index (Phi) is 3.55. The van der Waals surface area contributed by atoms with E-state index >= 15 is 0 Å². The average molecular weight is 184 g/mol. The van der Waals surface area contributed by atoms with E-state index in [9.17, 15) is 0 Å². The first-order chi connectivity index (χ1) is 6.47. The molecule has 4 heteroatoms. The maximum atomic E-state index is 3.48. The Morgan fingerprint density at radius 3 is 2.46 bits per heavy atom. The van der Waals surface area contributed by atoms with Gasteiger partial charge in [-0.2, -0.15) is 5.12 Å². The highest BCUT2D eigenvalue weighted by Crippen LogP contribution is 2.05. The molecule has 4 nitrogen and oxygen atoms in total. The van der Waals surface area contributed by atoms with Gasteiger partial charge in [-0.05, 0) is 12.8 Å². The predicted molar refractivity (Wildman–Crippen MR) is 53.0 cm³/mol. The molecule has 13 heavy (non-hydrogen) atoms. The molecule has 0 saturated carbocycles. The van der Waals surface area contributed by atoms with Gasteiger partial charge in [0.2, 0.25) is 0 Å². The van der Waals surface area contributed by atoms with Gasteiger partial charge in [-0.3, -0.25) is 0 Å². The first kappa shape index (κ1) is 9.40. The first-order valence-electron chi connectivity index (χ1n) is 5.43. The van der Waals surface area contributed by atoms with Gasteiger partial charge >= 0.3 is 0 Å². The number of nitrogens with one attached hydrogen (secondary N) is 2. The molecule has 0 radical (unpaired) electrons. The summed E-state index contributed by atoms with van der Waals surface area (Å²) in [4.78, 5) is 0.